The first-order chi connectivity index (χ1) is 8.91. The highest BCUT2D eigenvalue weighted by Crippen LogP contribution is 2.28. The smallest absolute Gasteiger partial charge is 0.321 e. The molecule has 0 spiro atoms. The molecule has 0 fully saturated rings. The van der Waals surface area contributed by atoms with E-state index in [1.165, 1.54) is 12.1 Å². The normalized spacial score (nSPS) is 11.5. The van der Waals surface area contributed by atoms with Gasteiger partial charge in [0.05, 0.1) is 10.4 Å². The van der Waals surface area contributed by atoms with Gasteiger partial charge in [-0.05, 0) is 35.0 Å². The first kappa shape index (κ1) is 16.4. The standard InChI is InChI=1S/C11H14BrNO4S2/c1-3-7-13(8-10(14)17-4-2)19(15,16)11-6-5-9(12)18-11/h3,5-6H,1,4,7-8H2,2H3. The van der Waals surface area contributed by atoms with Crippen LogP contribution in [-0.4, -0.2) is 38.4 Å². The highest BCUT2D eigenvalue weighted by molar-refractivity contribution is 9.11. The first-order valence-corrected chi connectivity index (χ1v) is 8.48. The number of rotatable bonds is 7. The number of hydrogen-bond donors (Lipinski definition) is 0. The number of hydrogen-bond acceptors (Lipinski definition) is 5. The Balaban J connectivity index is 2.97. The topological polar surface area (TPSA) is 63.7 Å². The predicted octanol–water partition coefficient (Wildman–Crippen LogP) is 2.25. The monoisotopic (exact) mass is 367 g/mol. The third-order valence-electron chi connectivity index (χ3n) is 2.09. The van der Waals surface area contributed by atoms with E-state index in [0.29, 0.717) is 3.79 Å². The largest absolute Gasteiger partial charge is 0.465 e. The van der Waals surface area contributed by atoms with E-state index in [1.807, 2.05) is 0 Å². The van der Waals surface area contributed by atoms with Crippen LogP contribution in [0.5, 0.6) is 0 Å². The molecule has 0 aliphatic carbocycles. The summed E-state index contributed by atoms with van der Waals surface area (Å²) in [6.45, 7) is 5.11. The average Bonchev–Trinajstić information content (AvgIpc) is 2.76. The molecule has 0 aliphatic rings. The average molecular weight is 368 g/mol. The lowest BCUT2D eigenvalue weighted by Crippen LogP contribution is -2.36. The van der Waals surface area contributed by atoms with Crippen LogP contribution in [0.1, 0.15) is 6.92 Å². The second-order valence-electron chi connectivity index (χ2n) is 3.45. The summed E-state index contributed by atoms with van der Waals surface area (Å²) in [6, 6.07) is 3.14. The number of nitrogens with zero attached hydrogens (tertiary/aromatic N) is 1. The van der Waals surface area contributed by atoms with E-state index in [9.17, 15) is 13.2 Å². The molecule has 0 aromatic carbocycles. The van der Waals surface area contributed by atoms with Crippen molar-refractivity contribution in [3.63, 3.8) is 0 Å². The van der Waals surface area contributed by atoms with E-state index < -0.39 is 16.0 Å². The molecule has 1 aromatic heterocycles. The van der Waals surface area contributed by atoms with Crippen LogP contribution in [0.4, 0.5) is 0 Å². The summed E-state index contributed by atoms with van der Waals surface area (Å²) in [5.41, 5.74) is 0. The molecule has 5 nitrogen and oxygen atoms in total. The molecule has 106 valence electrons. The van der Waals surface area contributed by atoms with Crippen LogP contribution in [0, 0.1) is 0 Å². The van der Waals surface area contributed by atoms with Gasteiger partial charge in [0, 0.05) is 6.54 Å². The second kappa shape index (κ2) is 7.18. The van der Waals surface area contributed by atoms with Gasteiger partial charge >= 0.3 is 5.97 Å². The van der Waals surface area contributed by atoms with Crippen LogP contribution in [0.3, 0.4) is 0 Å². The molecule has 0 saturated carbocycles. The van der Waals surface area contributed by atoms with Gasteiger partial charge in [-0.2, -0.15) is 4.31 Å². The summed E-state index contributed by atoms with van der Waals surface area (Å²) in [7, 11) is -3.71. The fourth-order valence-corrected chi connectivity index (χ4v) is 4.83. The van der Waals surface area contributed by atoms with Gasteiger partial charge in [-0.1, -0.05) is 6.08 Å². The van der Waals surface area contributed by atoms with E-state index in [1.54, 1.807) is 13.0 Å². The maximum atomic E-state index is 12.3. The zero-order chi connectivity index (χ0) is 14.5. The highest BCUT2D eigenvalue weighted by atomic mass is 79.9. The molecule has 1 aromatic rings. The Labute approximate surface area is 125 Å². The van der Waals surface area contributed by atoms with Crippen molar-refractivity contribution in [3.05, 3.63) is 28.6 Å². The van der Waals surface area contributed by atoms with Crippen LogP contribution in [0.15, 0.2) is 32.8 Å². The number of esters is 1. The Morgan fingerprint density at radius 2 is 2.26 bits per heavy atom. The van der Waals surface area contributed by atoms with E-state index in [0.717, 1.165) is 15.6 Å². The number of carbonyl (C=O) groups excluding carboxylic acids is 1. The molecule has 0 atom stereocenters. The first-order valence-electron chi connectivity index (χ1n) is 5.43. The lowest BCUT2D eigenvalue weighted by molar-refractivity contribution is -0.143. The zero-order valence-electron chi connectivity index (χ0n) is 10.3. The minimum atomic E-state index is -3.71. The molecule has 0 aliphatic heterocycles. The Hall–Kier alpha value is -0.700. The Morgan fingerprint density at radius 1 is 1.58 bits per heavy atom. The van der Waals surface area contributed by atoms with Crippen LogP contribution < -0.4 is 0 Å². The number of carbonyl (C=O) groups is 1. The van der Waals surface area contributed by atoms with Crippen LogP contribution >= 0.6 is 27.3 Å². The maximum Gasteiger partial charge on any atom is 0.321 e. The quantitative estimate of drug-likeness (QED) is 0.547. The van der Waals surface area contributed by atoms with E-state index in [2.05, 4.69) is 22.5 Å². The van der Waals surface area contributed by atoms with Crippen molar-refractivity contribution in [2.45, 2.75) is 11.1 Å². The molecule has 1 heterocycles. The number of thiophene rings is 1. The molecule has 0 amide bonds. The third kappa shape index (κ3) is 4.41. The summed E-state index contributed by atoms with van der Waals surface area (Å²) in [4.78, 5) is 11.4. The fourth-order valence-electron chi connectivity index (χ4n) is 1.31. The van der Waals surface area contributed by atoms with Crippen molar-refractivity contribution in [3.8, 4) is 0 Å². The molecule has 1 rings (SSSR count). The van der Waals surface area contributed by atoms with Crippen molar-refractivity contribution >= 4 is 43.3 Å². The molecule has 0 saturated heterocycles. The minimum Gasteiger partial charge on any atom is -0.465 e. The SMILES string of the molecule is C=CCN(CC(=O)OCC)S(=O)(=O)c1ccc(Br)s1. The second-order valence-corrected chi connectivity index (χ2v) is 8.08. The summed E-state index contributed by atoms with van der Waals surface area (Å²) >= 11 is 4.30. The van der Waals surface area contributed by atoms with Crippen LogP contribution in [0.25, 0.3) is 0 Å². The fraction of sp³-hybridized carbons (Fsp3) is 0.364. The Kier molecular flexibility index (Phi) is 6.18. The van der Waals surface area contributed by atoms with E-state index in [-0.39, 0.29) is 23.9 Å². The lowest BCUT2D eigenvalue weighted by atomic mass is 10.5. The number of halogens is 1. The molecular formula is C11H14BrNO4S2. The Morgan fingerprint density at radius 3 is 2.74 bits per heavy atom. The molecule has 0 bridgehead atoms. The molecule has 0 N–H and O–H groups in total. The van der Waals surface area contributed by atoms with Gasteiger partial charge in [-0.3, -0.25) is 4.79 Å². The predicted molar refractivity (Wildman–Crippen MR) is 77.6 cm³/mol. The maximum absolute atomic E-state index is 12.3. The van der Waals surface area contributed by atoms with E-state index in [4.69, 9.17) is 4.74 Å². The van der Waals surface area contributed by atoms with Crippen molar-refractivity contribution in [1.82, 2.24) is 4.31 Å². The van der Waals surface area contributed by atoms with Crippen LogP contribution in [0.2, 0.25) is 0 Å². The molecule has 8 heteroatoms. The molecule has 19 heavy (non-hydrogen) atoms. The van der Waals surface area contributed by atoms with Crippen LogP contribution in [-0.2, 0) is 19.6 Å². The van der Waals surface area contributed by atoms with E-state index >= 15 is 0 Å². The molecule has 0 unspecified atom stereocenters. The summed E-state index contributed by atoms with van der Waals surface area (Å²) in [6.07, 6.45) is 1.43. The van der Waals surface area contributed by atoms with Gasteiger partial charge < -0.3 is 4.74 Å². The third-order valence-corrected chi connectivity index (χ3v) is 5.99. The van der Waals surface area contributed by atoms with Gasteiger partial charge in [0.1, 0.15) is 10.8 Å². The summed E-state index contributed by atoms with van der Waals surface area (Å²) in [5, 5.41) is 0. The van der Waals surface area contributed by atoms with Gasteiger partial charge in [-0.25, -0.2) is 8.42 Å². The Bertz CT molecular complexity index is 553. The zero-order valence-corrected chi connectivity index (χ0v) is 13.6. The van der Waals surface area contributed by atoms with Crippen molar-refractivity contribution in [2.75, 3.05) is 19.7 Å². The lowest BCUT2D eigenvalue weighted by Gasteiger charge is -2.18. The molecular weight excluding hydrogens is 354 g/mol. The van der Waals surface area contributed by atoms with Crippen molar-refractivity contribution in [2.24, 2.45) is 0 Å². The van der Waals surface area contributed by atoms with Gasteiger partial charge in [0.15, 0.2) is 0 Å². The van der Waals surface area contributed by atoms with Gasteiger partial charge in [-0.15, -0.1) is 17.9 Å². The molecule has 0 radical (unpaired) electrons. The highest BCUT2D eigenvalue weighted by Gasteiger charge is 2.27. The van der Waals surface area contributed by atoms with Gasteiger partial charge in [0.25, 0.3) is 10.0 Å². The summed E-state index contributed by atoms with van der Waals surface area (Å²) < 4.78 is 31.4. The number of sulfonamides is 1. The van der Waals surface area contributed by atoms with Crippen molar-refractivity contribution < 1.29 is 17.9 Å². The van der Waals surface area contributed by atoms with Gasteiger partial charge in [0.2, 0.25) is 0 Å². The summed E-state index contributed by atoms with van der Waals surface area (Å²) in [5.74, 6) is -0.580. The van der Waals surface area contributed by atoms with Crippen molar-refractivity contribution in [1.29, 1.82) is 0 Å². The minimum absolute atomic E-state index is 0.0522. The number of ether oxygens (including phenoxy) is 1.